The summed E-state index contributed by atoms with van der Waals surface area (Å²) in [5.74, 6) is 6.41. The van der Waals surface area contributed by atoms with E-state index in [-0.39, 0.29) is 43.7 Å². The Labute approximate surface area is 243 Å². The van der Waals surface area contributed by atoms with Crippen molar-refractivity contribution in [3.05, 3.63) is 72.4 Å². The van der Waals surface area contributed by atoms with E-state index in [2.05, 4.69) is 22.1 Å². The lowest BCUT2D eigenvalue weighted by atomic mass is 10.1. The quantitative estimate of drug-likeness (QED) is 0.298. The molecule has 0 bridgehead atoms. The number of carbonyl (C=O) groups excluding carboxylic acids is 3. The number of amides is 2. The predicted molar refractivity (Wildman–Crippen MR) is 159 cm³/mol. The molecule has 41 heavy (non-hydrogen) atoms. The van der Waals surface area contributed by atoms with E-state index in [4.69, 9.17) is 9.98 Å². The standard InChI is InChI=1S/C30H25N7O3.H2S/c1-3-7-24(38)35-15-6-8-22(35)28-34-26(27-29-32-19(2)18-25(39)36(29)16-17-37(27)28)20-10-12-21(13-11-20)30(40)33-23-9-4-5-14-31-23;/h4-5,9-14,16-17,22H,6,8,15,18H2,1-2H3;1H2/p+1/t22-;/m0./s1. The number of carbonyl (C=O) groups is 3. The minimum absolute atomic E-state index is 0. The highest BCUT2D eigenvalue weighted by Crippen LogP contribution is 2.37. The number of anilines is 1. The van der Waals surface area contributed by atoms with Crippen LogP contribution in [0.4, 0.5) is 11.6 Å². The zero-order chi connectivity index (χ0) is 27.8. The predicted octanol–water partition coefficient (Wildman–Crippen LogP) is 3.87. The van der Waals surface area contributed by atoms with E-state index in [0.717, 1.165) is 18.4 Å². The van der Waals surface area contributed by atoms with Crippen LogP contribution in [0, 0.1) is 11.8 Å². The van der Waals surface area contributed by atoms with Gasteiger partial charge in [0, 0.05) is 23.9 Å². The minimum atomic E-state index is -0.281. The van der Waals surface area contributed by atoms with Crippen LogP contribution in [-0.2, 0) is 4.79 Å². The van der Waals surface area contributed by atoms with Crippen molar-refractivity contribution in [1.29, 1.82) is 0 Å². The van der Waals surface area contributed by atoms with Gasteiger partial charge in [0.15, 0.2) is 5.52 Å². The molecule has 1 aromatic carbocycles. The van der Waals surface area contributed by atoms with Gasteiger partial charge in [0.25, 0.3) is 11.8 Å². The smallest absolute Gasteiger partial charge is 0.322 e. The normalized spacial score (nSPS) is 15.9. The van der Waals surface area contributed by atoms with Crippen LogP contribution in [0.2, 0.25) is 0 Å². The van der Waals surface area contributed by atoms with Crippen molar-refractivity contribution >= 4 is 54.1 Å². The monoisotopic (exact) mass is 566 g/mol. The molecule has 2 aliphatic heterocycles. The average molecular weight is 567 g/mol. The maximum Gasteiger partial charge on any atom is 0.356 e. The number of benzene rings is 1. The van der Waals surface area contributed by atoms with E-state index in [1.54, 1.807) is 65.3 Å². The van der Waals surface area contributed by atoms with E-state index in [9.17, 15) is 14.4 Å². The summed E-state index contributed by atoms with van der Waals surface area (Å²) in [6, 6.07) is 12.1. The Bertz CT molecular complexity index is 1770. The first-order valence-electron chi connectivity index (χ1n) is 13.0. The molecule has 0 spiro atoms. The molecular formula is C30H28N7O3S+. The van der Waals surface area contributed by atoms with Gasteiger partial charge in [-0.15, -0.1) is 0 Å². The first-order valence-corrected chi connectivity index (χ1v) is 13.0. The van der Waals surface area contributed by atoms with Gasteiger partial charge in [-0.25, -0.2) is 14.8 Å². The number of rotatable bonds is 4. The number of hydrogen-bond donors (Lipinski definition) is 1. The van der Waals surface area contributed by atoms with E-state index < -0.39 is 0 Å². The Kier molecular flexibility index (Phi) is 7.68. The largest absolute Gasteiger partial charge is 0.356 e. The van der Waals surface area contributed by atoms with Gasteiger partial charge in [-0.05, 0) is 61.9 Å². The van der Waals surface area contributed by atoms with Gasteiger partial charge in [0.1, 0.15) is 35.7 Å². The number of hydrogen-bond acceptors (Lipinski definition) is 6. The van der Waals surface area contributed by atoms with Gasteiger partial charge >= 0.3 is 11.7 Å². The van der Waals surface area contributed by atoms with Crippen molar-refractivity contribution in [3.63, 3.8) is 0 Å². The number of fused-ring (bicyclic) bond motifs is 3. The number of likely N-dealkylation sites (tertiary alicyclic amines) is 1. The molecule has 0 radical (unpaired) electrons. The Hall–Kier alpha value is -4.82. The van der Waals surface area contributed by atoms with Crippen LogP contribution >= 0.6 is 13.5 Å². The molecule has 4 aromatic rings. The highest BCUT2D eigenvalue weighted by atomic mass is 32.1. The fraction of sp³-hybridized carbons (Fsp3) is 0.233. The SMILES string of the molecule is CC#CC(=O)N1CCC[C@H]1c1nc(-c2ccc(C(=O)Nc3ccccn3)cc2)c2c3[n+](ccn12)C(=O)CC(C)=N3.S. The van der Waals surface area contributed by atoms with Crippen LogP contribution in [0.3, 0.4) is 0 Å². The summed E-state index contributed by atoms with van der Waals surface area (Å²) in [6.45, 7) is 4.07. The lowest BCUT2D eigenvalue weighted by molar-refractivity contribution is -0.560. The summed E-state index contributed by atoms with van der Waals surface area (Å²) >= 11 is 0. The highest BCUT2D eigenvalue weighted by molar-refractivity contribution is 7.59. The van der Waals surface area contributed by atoms with Crippen LogP contribution < -0.4 is 9.88 Å². The lowest BCUT2D eigenvalue weighted by Crippen LogP contribution is -2.46. The Morgan fingerprint density at radius 1 is 1.15 bits per heavy atom. The van der Waals surface area contributed by atoms with Crippen molar-refractivity contribution < 1.29 is 19.0 Å². The molecular weight excluding hydrogens is 538 g/mol. The molecule has 11 heteroatoms. The van der Waals surface area contributed by atoms with Crippen molar-refractivity contribution in [2.75, 3.05) is 11.9 Å². The van der Waals surface area contributed by atoms with Crippen LogP contribution in [0.25, 0.3) is 16.8 Å². The molecule has 3 aromatic heterocycles. The van der Waals surface area contributed by atoms with Crippen molar-refractivity contribution in [3.8, 4) is 23.1 Å². The molecule has 2 amide bonds. The maximum atomic E-state index is 12.9. The molecule has 6 rings (SSSR count). The van der Waals surface area contributed by atoms with Crippen LogP contribution in [0.1, 0.15) is 60.1 Å². The van der Waals surface area contributed by atoms with Crippen LogP contribution in [-0.4, -0.2) is 49.2 Å². The van der Waals surface area contributed by atoms with E-state index in [1.165, 1.54) is 0 Å². The van der Waals surface area contributed by atoms with Gasteiger partial charge in [-0.1, -0.05) is 24.1 Å². The zero-order valence-corrected chi connectivity index (χ0v) is 23.6. The van der Waals surface area contributed by atoms with Crippen LogP contribution in [0.15, 0.2) is 66.0 Å². The molecule has 2 aliphatic rings. The molecule has 1 atom stereocenters. The fourth-order valence-corrected chi connectivity index (χ4v) is 5.26. The minimum Gasteiger partial charge on any atom is -0.322 e. The summed E-state index contributed by atoms with van der Waals surface area (Å²) in [4.78, 5) is 54.2. The van der Waals surface area contributed by atoms with E-state index in [1.807, 2.05) is 23.5 Å². The second-order valence-corrected chi connectivity index (χ2v) is 9.72. The van der Waals surface area contributed by atoms with Gasteiger partial charge in [-0.3, -0.25) is 14.0 Å². The number of nitrogens with zero attached hydrogens (tertiary/aromatic N) is 6. The zero-order valence-electron chi connectivity index (χ0n) is 22.6. The van der Waals surface area contributed by atoms with Crippen molar-refractivity contribution in [2.45, 2.75) is 39.2 Å². The third kappa shape index (κ3) is 5.10. The summed E-state index contributed by atoms with van der Waals surface area (Å²) in [5.41, 5.74) is 3.20. The molecule has 0 saturated carbocycles. The molecule has 1 N–H and O–H groups in total. The topological polar surface area (TPSA) is 113 Å². The van der Waals surface area contributed by atoms with Gasteiger partial charge in [-0.2, -0.15) is 18.1 Å². The molecule has 206 valence electrons. The van der Waals surface area contributed by atoms with Crippen LogP contribution in [0.5, 0.6) is 0 Å². The molecule has 5 heterocycles. The number of nitrogens with one attached hydrogen (secondary N) is 1. The fourth-order valence-electron chi connectivity index (χ4n) is 5.26. The van der Waals surface area contributed by atoms with E-state index in [0.29, 0.717) is 46.5 Å². The molecule has 0 aliphatic carbocycles. The molecule has 10 nitrogen and oxygen atoms in total. The third-order valence-electron chi connectivity index (χ3n) is 7.09. The number of imidazole rings is 1. The first kappa shape index (κ1) is 27.7. The van der Waals surface area contributed by atoms with Gasteiger partial charge in [0.2, 0.25) is 0 Å². The molecule has 1 fully saturated rings. The summed E-state index contributed by atoms with van der Waals surface area (Å²) in [5, 5.41) is 2.79. The highest BCUT2D eigenvalue weighted by Gasteiger charge is 2.37. The average Bonchev–Trinajstić information content (AvgIpc) is 3.59. The Balaban J connectivity index is 0.00000337. The van der Waals surface area contributed by atoms with Crippen molar-refractivity contribution in [2.24, 2.45) is 4.99 Å². The summed E-state index contributed by atoms with van der Waals surface area (Å²) in [6.07, 6.45) is 6.94. The number of aromatic nitrogens is 4. The maximum absolute atomic E-state index is 12.9. The Morgan fingerprint density at radius 2 is 1.95 bits per heavy atom. The van der Waals surface area contributed by atoms with Crippen molar-refractivity contribution in [1.82, 2.24) is 19.3 Å². The Morgan fingerprint density at radius 3 is 2.68 bits per heavy atom. The second-order valence-electron chi connectivity index (χ2n) is 9.72. The molecule has 1 saturated heterocycles. The van der Waals surface area contributed by atoms with Gasteiger partial charge in [0.05, 0.1) is 12.2 Å². The van der Waals surface area contributed by atoms with E-state index >= 15 is 0 Å². The van der Waals surface area contributed by atoms with Gasteiger partial charge < -0.3 is 10.2 Å². The third-order valence-corrected chi connectivity index (χ3v) is 7.09. The number of pyridine rings is 1. The summed E-state index contributed by atoms with van der Waals surface area (Å²) < 4.78 is 3.47. The summed E-state index contributed by atoms with van der Waals surface area (Å²) in [7, 11) is 0. The lowest BCUT2D eigenvalue weighted by Gasteiger charge is -2.21. The number of aliphatic imine (C=N–C) groups is 1. The first-order chi connectivity index (χ1) is 19.4. The second kappa shape index (κ2) is 11.3. The molecule has 0 unspecified atom stereocenters.